The summed E-state index contributed by atoms with van der Waals surface area (Å²) in [5.74, 6) is 1.04. The van der Waals surface area contributed by atoms with E-state index in [4.69, 9.17) is 9.47 Å². The van der Waals surface area contributed by atoms with Crippen LogP contribution in [0.1, 0.15) is 5.56 Å². The summed E-state index contributed by atoms with van der Waals surface area (Å²) in [5, 5.41) is 11.4. The minimum atomic E-state index is -5.69. The lowest BCUT2D eigenvalue weighted by Crippen LogP contribution is -2.24. The van der Waals surface area contributed by atoms with Gasteiger partial charge >= 0.3 is 5.51 Å². The van der Waals surface area contributed by atoms with Crippen LogP contribution in [0.5, 0.6) is 11.5 Å². The first-order valence-electron chi connectivity index (χ1n) is 8.44. The molecule has 0 atom stereocenters. The van der Waals surface area contributed by atoms with E-state index in [1.807, 2.05) is 0 Å². The minimum Gasteiger partial charge on any atom is -0.493 e. The van der Waals surface area contributed by atoms with Crippen LogP contribution >= 0.6 is 0 Å². The van der Waals surface area contributed by atoms with E-state index in [2.05, 4.69) is 0 Å². The molecule has 0 amide bonds. The van der Waals surface area contributed by atoms with Crippen LogP contribution in [-0.4, -0.2) is 46.7 Å². The fraction of sp³-hybridized carbons (Fsp3) is 0.333. The van der Waals surface area contributed by atoms with Gasteiger partial charge in [-0.25, -0.2) is 8.42 Å². The van der Waals surface area contributed by atoms with Crippen molar-refractivity contribution in [1.82, 2.24) is 0 Å². The zero-order valence-corrected chi connectivity index (χ0v) is 17.1. The van der Waals surface area contributed by atoms with E-state index in [-0.39, 0.29) is 12.2 Å². The highest BCUT2D eigenvalue weighted by molar-refractivity contribution is 7.92. The molecule has 0 aliphatic heterocycles. The predicted octanol–water partition coefficient (Wildman–Crippen LogP) is 3.58. The molecule has 0 fully saturated rings. The first-order chi connectivity index (χ1) is 13.9. The highest BCUT2D eigenvalue weighted by Crippen LogP contribution is 2.36. The quantitative estimate of drug-likeness (QED) is 0.450. The number of rotatable bonds is 8. The number of alkyl halides is 3. The highest BCUT2D eigenvalue weighted by Gasteiger charge is 2.47. The number of nitro groups is 1. The van der Waals surface area contributed by atoms with Gasteiger partial charge < -0.3 is 14.4 Å². The van der Waals surface area contributed by atoms with Crippen LogP contribution in [0.2, 0.25) is 0 Å². The smallest absolute Gasteiger partial charge is 0.493 e. The van der Waals surface area contributed by atoms with E-state index in [1.54, 1.807) is 18.2 Å². The second-order valence-corrected chi connectivity index (χ2v) is 8.16. The molecule has 0 aromatic heterocycles. The largest absolute Gasteiger partial charge is 0.501 e. The maximum absolute atomic E-state index is 12.7. The van der Waals surface area contributed by atoms with Crippen molar-refractivity contribution in [3.8, 4) is 11.5 Å². The van der Waals surface area contributed by atoms with Gasteiger partial charge in [0.15, 0.2) is 11.5 Å². The second kappa shape index (κ2) is 8.78. The summed E-state index contributed by atoms with van der Waals surface area (Å²) >= 11 is 0. The van der Waals surface area contributed by atoms with E-state index in [0.717, 1.165) is 11.6 Å². The number of ether oxygens (including phenoxy) is 2. The highest BCUT2D eigenvalue weighted by atomic mass is 32.2. The second-order valence-electron chi connectivity index (χ2n) is 6.22. The average molecular weight is 448 g/mol. The van der Waals surface area contributed by atoms with Crippen LogP contribution in [-0.2, 0) is 16.3 Å². The van der Waals surface area contributed by atoms with Gasteiger partial charge in [-0.15, -0.1) is 0 Å². The van der Waals surface area contributed by atoms with Crippen molar-refractivity contribution in [1.29, 1.82) is 0 Å². The Morgan fingerprint density at radius 1 is 1.07 bits per heavy atom. The standard InChI is InChI=1S/C18H19F3N2O6S/c1-22(9-8-12-4-7-16(28-2)17(10-12)29-3)14-6-5-13(11-15(14)23(24)25)30(26,27)18(19,20)21/h4-7,10-11H,8-9H2,1-3H3. The van der Waals surface area contributed by atoms with Crippen molar-refractivity contribution in [3.05, 3.63) is 52.1 Å². The van der Waals surface area contributed by atoms with Crippen LogP contribution in [0.25, 0.3) is 0 Å². The number of benzene rings is 2. The molecule has 0 spiro atoms. The number of hydrogen-bond acceptors (Lipinski definition) is 7. The van der Waals surface area contributed by atoms with Crippen LogP contribution in [0.4, 0.5) is 24.5 Å². The van der Waals surface area contributed by atoms with Gasteiger partial charge in [-0.05, 0) is 36.2 Å². The number of sulfone groups is 1. The third kappa shape index (κ3) is 4.75. The van der Waals surface area contributed by atoms with Gasteiger partial charge in [0.2, 0.25) is 0 Å². The summed E-state index contributed by atoms with van der Waals surface area (Å²) in [4.78, 5) is 10.7. The molecular formula is C18H19F3N2O6S. The molecule has 0 saturated carbocycles. The molecular weight excluding hydrogens is 429 g/mol. The van der Waals surface area contributed by atoms with Crippen LogP contribution in [0, 0.1) is 10.1 Å². The van der Waals surface area contributed by atoms with Crippen LogP contribution in [0.3, 0.4) is 0 Å². The zero-order chi connectivity index (χ0) is 22.7. The Bertz CT molecular complexity index is 1040. The normalized spacial score (nSPS) is 11.8. The SMILES string of the molecule is COc1ccc(CCN(C)c2ccc(S(=O)(=O)C(F)(F)F)cc2[N+](=O)[O-])cc1OC. The third-order valence-corrected chi connectivity index (χ3v) is 5.84. The Kier molecular flexibility index (Phi) is 6.80. The summed E-state index contributed by atoms with van der Waals surface area (Å²) in [7, 11) is -1.21. The summed E-state index contributed by atoms with van der Waals surface area (Å²) in [6, 6.07) is 7.34. The van der Waals surface area contributed by atoms with Crippen molar-refractivity contribution < 1.29 is 36.0 Å². The number of anilines is 1. The fourth-order valence-corrected chi connectivity index (χ4v) is 3.51. The molecule has 0 aliphatic rings. The average Bonchev–Trinajstić information content (AvgIpc) is 2.70. The number of methoxy groups -OCH3 is 2. The molecule has 164 valence electrons. The molecule has 0 saturated heterocycles. The van der Waals surface area contributed by atoms with E-state index < -0.39 is 30.9 Å². The molecule has 0 radical (unpaired) electrons. The van der Waals surface area contributed by atoms with Crippen molar-refractivity contribution in [2.24, 2.45) is 0 Å². The minimum absolute atomic E-state index is 0.0124. The van der Waals surface area contributed by atoms with Crippen molar-refractivity contribution in [3.63, 3.8) is 0 Å². The van der Waals surface area contributed by atoms with Gasteiger partial charge in [0.05, 0.1) is 24.0 Å². The molecule has 12 heteroatoms. The molecule has 30 heavy (non-hydrogen) atoms. The Morgan fingerprint density at radius 3 is 2.23 bits per heavy atom. The van der Waals surface area contributed by atoms with Gasteiger partial charge in [0.1, 0.15) is 5.69 Å². The topological polar surface area (TPSA) is 99.0 Å². The number of halogens is 3. The molecule has 2 rings (SSSR count). The van der Waals surface area contributed by atoms with Gasteiger partial charge in [-0.3, -0.25) is 10.1 Å². The Balaban J connectivity index is 2.29. The number of nitrogens with zero attached hydrogens (tertiary/aromatic N) is 2. The van der Waals surface area contributed by atoms with Gasteiger partial charge in [-0.2, -0.15) is 13.2 Å². The van der Waals surface area contributed by atoms with Crippen molar-refractivity contribution >= 4 is 21.2 Å². The molecule has 0 aliphatic carbocycles. The maximum Gasteiger partial charge on any atom is 0.501 e. The molecule has 8 nitrogen and oxygen atoms in total. The predicted molar refractivity (Wildman–Crippen MR) is 103 cm³/mol. The molecule has 0 bridgehead atoms. The number of hydrogen-bond donors (Lipinski definition) is 0. The monoisotopic (exact) mass is 448 g/mol. The van der Waals surface area contributed by atoms with E-state index in [9.17, 15) is 31.7 Å². The zero-order valence-electron chi connectivity index (χ0n) is 16.3. The lowest BCUT2D eigenvalue weighted by Gasteiger charge is -2.20. The molecule has 0 unspecified atom stereocenters. The van der Waals surface area contributed by atoms with Crippen LogP contribution < -0.4 is 14.4 Å². The Hall–Kier alpha value is -3.02. The van der Waals surface area contributed by atoms with E-state index in [0.29, 0.717) is 30.1 Å². The number of nitro benzene ring substituents is 1. The molecule has 2 aromatic carbocycles. The van der Waals surface area contributed by atoms with E-state index in [1.165, 1.54) is 26.2 Å². The van der Waals surface area contributed by atoms with Gasteiger partial charge in [0.25, 0.3) is 15.5 Å². The number of likely N-dealkylation sites (N-methyl/N-ethyl adjacent to an activating group) is 1. The first kappa shape index (κ1) is 23.3. The Morgan fingerprint density at radius 2 is 1.70 bits per heavy atom. The van der Waals surface area contributed by atoms with Crippen molar-refractivity contribution in [2.45, 2.75) is 16.8 Å². The lowest BCUT2D eigenvalue weighted by atomic mass is 10.1. The van der Waals surface area contributed by atoms with E-state index >= 15 is 0 Å². The molecule has 2 aromatic rings. The first-order valence-corrected chi connectivity index (χ1v) is 9.92. The fourth-order valence-electron chi connectivity index (χ4n) is 2.73. The van der Waals surface area contributed by atoms with Gasteiger partial charge in [0, 0.05) is 19.7 Å². The van der Waals surface area contributed by atoms with Crippen molar-refractivity contribution in [2.75, 3.05) is 32.7 Å². The summed E-state index contributed by atoms with van der Waals surface area (Å²) in [5.41, 5.74) is -5.48. The molecule has 0 heterocycles. The van der Waals surface area contributed by atoms with Gasteiger partial charge in [-0.1, -0.05) is 6.07 Å². The molecule has 0 N–H and O–H groups in total. The lowest BCUT2D eigenvalue weighted by molar-refractivity contribution is -0.384. The maximum atomic E-state index is 12.7. The van der Waals surface area contributed by atoms with Crippen LogP contribution in [0.15, 0.2) is 41.3 Å². The summed E-state index contributed by atoms with van der Waals surface area (Å²) < 4.78 is 71.7. The summed E-state index contributed by atoms with van der Waals surface area (Å²) in [6.07, 6.45) is 0.427. The third-order valence-electron chi connectivity index (χ3n) is 4.35. The summed E-state index contributed by atoms with van der Waals surface area (Å²) in [6.45, 7) is 0.266. The Labute approximate surface area is 170 Å².